The van der Waals surface area contributed by atoms with Crippen molar-refractivity contribution in [3.05, 3.63) is 52.8 Å². The largest absolute Gasteiger partial charge is 0.456 e. The minimum absolute atomic E-state index is 0.127. The van der Waals surface area contributed by atoms with Gasteiger partial charge in [0, 0.05) is 18.4 Å². The molecule has 4 nitrogen and oxygen atoms in total. The first kappa shape index (κ1) is 14.0. The number of aliphatic hydroxyl groups is 1. The van der Waals surface area contributed by atoms with E-state index in [1.54, 1.807) is 13.0 Å². The molecule has 0 fully saturated rings. The molecule has 4 heteroatoms. The number of nitrogens with zero attached hydrogens (tertiary/aromatic N) is 2. The summed E-state index contributed by atoms with van der Waals surface area (Å²) in [6.45, 7) is 3.79. The van der Waals surface area contributed by atoms with Gasteiger partial charge in [-0.3, -0.25) is 4.98 Å². The highest BCUT2D eigenvalue weighted by molar-refractivity contribution is 5.48. The number of aryl methyl sites for hydroxylation is 2. The van der Waals surface area contributed by atoms with Crippen molar-refractivity contribution in [2.75, 3.05) is 6.61 Å². The number of hydrogen-bond acceptors (Lipinski definition) is 4. The van der Waals surface area contributed by atoms with Crippen LogP contribution in [0.5, 0.6) is 11.5 Å². The Labute approximate surface area is 118 Å². The normalized spacial score (nSPS) is 10.1. The molecule has 1 N–H and O–H groups in total. The second kappa shape index (κ2) is 6.18. The van der Waals surface area contributed by atoms with Gasteiger partial charge in [0.1, 0.15) is 23.1 Å². The Morgan fingerprint density at radius 1 is 1.25 bits per heavy atom. The van der Waals surface area contributed by atoms with Gasteiger partial charge in [0.2, 0.25) is 0 Å². The lowest BCUT2D eigenvalue weighted by Gasteiger charge is -2.10. The first-order chi connectivity index (χ1) is 9.63. The SMILES string of the molecule is Cc1cc(Oc2ccc(CCO)cc2)c(C#N)c(C)n1. The molecule has 1 aromatic heterocycles. The summed E-state index contributed by atoms with van der Waals surface area (Å²) in [7, 11) is 0. The van der Waals surface area contributed by atoms with Gasteiger partial charge in [0.15, 0.2) is 0 Å². The van der Waals surface area contributed by atoms with Crippen LogP contribution in [0.4, 0.5) is 0 Å². The zero-order chi connectivity index (χ0) is 14.5. The van der Waals surface area contributed by atoms with Crippen LogP contribution in [-0.2, 0) is 6.42 Å². The van der Waals surface area contributed by atoms with E-state index in [9.17, 15) is 5.26 Å². The van der Waals surface area contributed by atoms with Gasteiger partial charge in [-0.15, -0.1) is 0 Å². The Hall–Kier alpha value is -2.38. The van der Waals surface area contributed by atoms with Crippen LogP contribution >= 0.6 is 0 Å². The molecule has 20 heavy (non-hydrogen) atoms. The van der Waals surface area contributed by atoms with Gasteiger partial charge >= 0.3 is 0 Å². The monoisotopic (exact) mass is 268 g/mol. The molecule has 0 aliphatic rings. The molecule has 0 spiro atoms. The number of hydrogen-bond donors (Lipinski definition) is 1. The molecule has 0 radical (unpaired) electrons. The first-order valence-corrected chi connectivity index (χ1v) is 6.40. The first-order valence-electron chi connectivity index (χ1n) is 6.40. The molecule has 0 amide bonds. The van der Waals surface area contributed by atoms with Crippen molar-refractivity contribution in [3.8, 4) is 17.6 Å². The number of ether oxygens (including phenoxy) is 1. The highest BCUT2D eigenvalue weighted by Gasteiger charge is 2.10. The Balaban J connectivity index is 2.28. The van der Waals surface area contributed by atoms with Crippen molar-refractivity contribution in [1.82, 2.24) is 4.98 Å². The number of benzene rings is 1. The topological polar surface area (TPSA) is 66.1 Å². The standard InChI is InChI=1S/C16H16N2O2/c1-11-9-16(15(10-17)12(2)18-11)20-14-5-3-13(4-6-14)7-8-19/h3-6,9,19H,7-8H2,1-2H3. The van der Waals surface area contributed by atoms with E-state index in [1.165, 1.54) is 0 Å². The number of aliphatic hydroxyl groups excluding tert-OH is 1. The smallest absolute Gasteiger partial charge is 0.148 e. The van der Waals surface area contributed by atoms with Crippen LogP contribution in [0, 0.1) is 25.2 Å². The second-order valence-electron chi connectivity index (χ2n) is 4.55. The molecule has 0 aliphatic carbocycles. The summed E-state index contributed by atoms with van der Waals surface area (Å²) in [6, 6.07) is 11.3. The fourth-order valence-electron chi connectivity index (χ4n) is 1.99. The van der Waals surface area contributed by atoms with Crippen LogP contribution in [0.15, 0.2) is 30.3 Å². The molecule has 0 saturated carbocycles. The van der Waals surface area contributed by atoms with Gasteiger partial charge in [-0.2, -0.15) is 5.26 Å². The quantitative estimate of drug-likeness (QED) is 0.925. The number of pyridine rings is 1. The maximum atomic E-state index is 9.18. The average Bonchev–Trinajstić information content (AvgIpc) is 2.41. The predicted octanol–water partition coefficient (Wildman–Crippen LogP) is 2.90. The van der Waals surface area contributed by atoms with Crippen molar-refractivity contribution >= 4 is 0 Å². The van der Waals surface area contributed by atoms with Crippen LogP contribution in [0.2, 0.25) is 0 Å². The summed E-state index contributed by atoms with van der Waals surface area (Å²) in [4.78, 5) is 4.25. The minimum atomic E-state index is 0.127. The van der Waals surface area contributed by atoms with Crippen molar-refractivity contribution in [1.29, 1.82) is 5.26 Å². The van der Waals surface area contributed by atoms with Crippen molar-refractivity contribution in [3.63, 3.8) is 0 Å². The van der Waals surface area contributed by atoms with Crippen LogP contribution in [0.25, 0.3) is 0 Å². The molecule has 2 aromatic rings. The molecule has 2 rings (SSSR count). The van der Waals surface area contributed by atoms with Crippen molar-refractivity contribution in [2.24, 2.45) is 0 Å². The Kier molecular flexibility index (Phi) is 4.34. The van der Waals surface area contributed by atoms with Crippen LogP contribution < -0.4 is 4.74 Å². The van der Waals surface area contributed by atoms with E-state index >= 15 is 0 Å². The Bertz CT molecular complexity index is 643. The Morgan fingerprint density at radius 3 is 2.55 bits per heavy atom. The van der Waals surface area contributed by atoms with Crippen molar-refractivity contribution in [2.45, 2.75) is 20.3 Å². The van der Waals surface area contributed by atoms with E-state index in [0.717, 1.165) is 11.3 Å². The molecule has 0 saturated heterocycles. The predicted molar refractivity (Wildman–Crippen MR) is 75.7 cm³/mol. The summed E-state index contributed by atoms with van der Waals surface area (Å²) in [6.07, 6.45) is 0.622. The molecular weight excluding hydrogens is 252 g/mol. The molecule has 0 aliphatic heterocycles. The van der Waals surface area contributed by atoms with E-state index in [-0.39, 0.29) is 6.61 Å². The summed E-state index contributed by atoms with van der Waals surface area (Å²) < 4.78 is 5.77. The number of rotatable bonds is 4. The van der Waals surface area contributed by atoms with Crippen molar-refractivity contribution < 1.29 is 9.84 Å². The summed E-state index contributed by atoms with van der Waals surface area (Å²) in [5.41, 5.74) is 2.98. The number of aromatic nitrogens is 1. The third-order valence-electron chi connectivity index (χ3n) is 2.96. The zero-order valence-corrected chi connectivity index (χ0v) is 11.6. The lowest BCUT2D eigenvalue weighted by molar-refractivity contribution is 0.299. The van der Waals surface area contributed by atoms with Crippen LogP contribution in [0.1, 0.15) is 22.5 Å². The van der Waals surface area contributed by atoms with Gasteiger partial charge < -0.3 is 9.84 Å². The van der Waals surface area contributed by atoms with Gasteiger partial charge in [-0.05, 0) is 38.0 Å². The highest BCUT2D eigenvalue weighted by atomic mass is 16.5. The molecule has 0 unspecified atom stereocenters. The molecular formula is C16H16N2O2. The molecule has 1 aromatic carbocycles. The van der Waals surface area contributed by atoms with Gasteiger partial charge in [-0.25, -0.2) is 0 Å². The molecule has 1 heterocycles. The maximum absolute atomic E-state index is 9.18. The average molecular weight is 268 g/mol. The molecule has 0 atom stereocenters. The Morgan fingerprint density at radius 2 is 1.95 bits per heavy atom. The minimum Gasteiger partial charge on any atom is -0.456 e. The van der Waals surface area contributed by atoms with Crippen LogP contribution in [-0.4, -0.2) is 16.7 Å². The summed E-state index contributed by atoms with van der Waals surface area (Å²) >= 11 is 0. The maximum Gasteiger partial charge on any atom is 0.148 e. The van der Waals surface area contributed by atoms with E-state index < -0.39 is 0 Å². The third kappa shape index (κ3) is 3.14. The van der Waals surface area contributed by atoms with Gasteiger partial charge in [-0.1, -0.05) is 12.1 Å². The fraction of sp³-hybridized carbons (Fsp3) is 0.250. The van der Waals surface area contributed by atoms with E-state index in [4.69, 9.17) is 9.84 Å². The second-order valence-corrected chi connectivity index (χ2v) is 4.55. The lowest BCUT2D eigenvalue weighted by Crippen LogP contribution is -1.96. The third-order valence-corrected chi connectivity index (χ3v) is 2.96. The van der Waals surface area contributed by atoms with E-state index in [0.29, 0.717) is 29.2 Å². The number of nitriles is 1. The summed E-state index contributed by atoms with van der Waals surface area (Å²) in [5.74, 6) is 1.18. The van der Waals surface area contributed by atoms with Crippen LogP contribution in [0.3, 0.4) is 0 Å². The summed E-state index contributed by atoms with van der Waals surface area (Å²) in [5, 5.41) is 18.1. The van der Waals surface area contributed by atoms with Gasteiger partial charge in [0.25, 0.3) is 0 Å². The van der Waals surface area contributed by atoms with E-state index in [1.807, 2.05) is 31.2 Å². The fourth-order valence-corrected chi connectivity index (χ4v) is 1.99. The lowest BCUT2D eigenvalue weighted by atomic mass is 10.1. The molecule has 102 valence electrons. The zero-order valence-electron chi connectivity index (χ0n) is 11.6. The highest BCUT2D eigenvalue weighted by Crippen LogP contribution is 2.27. The van der Waals surface area contributed by atoms with E-state index in [2.05, 4.69) is 11.1 Å². The van der Waals surface area contributed by atoms with Gasteiger partial charge in [0.05, 0.1) is 5.69 Å². The molecule has 0 bridgehead atoms.